The zero-order chi connectivity index (χ0) is 19.5. The van der Waals surface area contributed by atoms with Gasteiger partial charge in [-0.15, -0.1) is 0 Å². The number of nitrogens with zero attached hydrogens (tertiary/aromatic N) is 3. The molecule has 2 amide bonds. The molecule has 3 heterocycles. The Morgan fingerprint density at radius 2 is 2.00 bits per heavy atom. The molecule has 3 aromatic rings. The van der Waals surface area contributed by atoms with Gasteiger partial charge in [-0.1, -0.05) is 41.1 Å². The zero-order valence-electron chi connectivity index (χ0n) is 14.9. The van der Waals surface area contributed by atoms with E-state index in [1.165, 1.54) is 11.3 Å². The largest absolute Gasteiger partial charge is 0.337 e. The maximum absolute atomic E-state index is 12.6. The number of nitrogens with one attached hydrogen (secondary N) is 1. The molecule has 28 heavy (non-hydrogen) atoms. The lowest BCUT2D eigenvalue weighted by molar-refractivity contribution is -0.131. The number of halogens is 1. The summed E-state index contributed by atoms with van der Waals surface area (Å²) in [5.41, 5.74) is 2.22. The van der Waals surface area contributed by atoms with Crippen LogP contribution in [0.25, 0.3) is 0 Å². The molecule has 1 aliphatic heterocycles. The lowest BCUT2D eigenvalue weighted by atomic mass is 10.1. The van der Waals surface area contributed by atoms with Crippen molar-refractivity contribution in [2.24, 2.45) is 0 Å². The van der Waals surface area contributed by atoms with Crippen molar-refractivity contribution >= 4 is 39.9 Å². The van der Waals surface area contributed by atoms with Gasteiger partial charge in [0.1, 0.15) is 5.69 Å². The molecule has 0 unspecified atom stereocenters. The second-order valence-corrected chi connectivity index (χ2v) is 7.95. The van der Waals surface area contributed by atoms with Crippen LogP contribution < -0.4 is 5.32 Å². The van der Waals surface area contributed by atoms with Crippen LogP contribution in [0.5, 0.6) is 0 Å². The second kappa shape index (κ2) is 8.08. The number of hydrogen-bond donors (Lipinski definition) is 1. The third-order valence-electron chi connectivity index (χ3n) is 4.47. The molecule has 142 valence electrons. The van der Waals surface area contributed by atoms with Gasteiger partial charge in [0, 0.05) is 29.1 Å². The molecule has 8 heteroatoms. The summed E-state index contributed by atoms with van der Waals surface area (Å²) in [5, 5.41) is 3.99. The van der Waals surface area contributed by atoms with Gasteiger partial charge in [-0.05, 0) is 29.8 Å². The minimum absolute atomic E-state index is 0.0699. The number of rotatable bonds is 4. The molecule has 0 bridgehead atoms. The number of fused-ring (bicyclic) bond motifs is 1. The summed E-state index contributed by atoms with van der Waals surface area (Å²) in [5.74, 6) is -0.220. The lowest BCUT2D eigenvalue weighted by Crippen LogP contribution is -2.36. The van der Waals surface area contributed by atoms with E-state index in [1.807, 2.05) is 17.0 Å². The van der Waals surface area contributed by atoms with E-state index in [0.717, 1.165) is 16.1 Å². The summed E-state index contributed by atoms with van der Waals surface area (Å²) in [6.07, 6.45) is 2.60. The van der Waals surface area contributed by atoms with Gasteiger partial charge in [0.25, 0.3) is 5.91 Å². The SMILES string of the molecule is O=C(Nc1nc2c(s1)CN(C(=O)Cc1ccc(Cl)cc1)CC2)c1ccccn1. The van der Waals surface area contributed by atoms with E-state index >= 15 is 0 Å². The maximum Gasteiger partial charge on any atom is 0.276 e. The fraction of sp³-hybridized carbons (Fsp3) is 0.200. The van der Waals surface area contributed by atoms with Crippen LogP contribution >= 0.6 is 22.9 Å². The van der Waals surface area contributed by atoms with Gasteiger partial charge < -0.3 is 4.90 Å². The first-order valence-corrected chi connectivity index (χ1v) is 10.0. The third-order valence-corrected chi connectivity index (χ3v) is 5.72. The third kappa shape index (κ3) is 4.21. The van der Waals surface area contributed by atoms with Gasteiger partial charge in [-0.3, -0.25) is 19.9 Å². The van der Waals surface area contributed by atoms with Crippen molar-refractivity contribution in [3.05, 3.63) is 75.5 Å². The Labute approximate surface area is 171 Å². The van der Waals surface area contributed by atoms with Crippen molar-refractivity contribution in [3.8, 4) is 0 Å². The molecule has 0 spiro atoms. The number of benzene rings is 1. The summed E-state index contributed by atoms with van der Waals surface area (Å²) < 4.78 is 0. The van der Waals surface area contributed by atoms with Crippen LogP contribution in [-0.4, -0.2) is 33.2 Å². The second-order valence-electron chi connectivity index (χ2n) is 6.43. The number of carbonyl (C=O) groups excluding carboxylic acids is 2. The molecular weight excluding hydrogens is 396 g/mol. The molecule has 1 aliphatic rings. The standard InChI is InChI=1S/C20H17ClN4O2S/c21-14-6-4-13(5-7-14)11-18(26)25-10-8-15-17(12-25)28-20(23-15)24-19(27)16-3-1-2-9-22-16/h1-7,9H,8,10-12H2,(H,23,24,27). The van der Waals surface area contributed by atoms with E-state index in [-0.39, 0.29) is 11.8 Å². The number of anilines is 1. The highest BCUT2D eigenvalue weighted by Crippen LogP contribution is 2.29. The fourth-order valence-electron chi connectivity index (χ4n) is 3.01. The Bertz CT molecular complexity index is 1000. The van der Waals surface area contributed by atoms with Crippen LogP contribution in [0.4, 0.5) is 5.13 Å². The quantitative estimate of drug-likeness (QED) is 0.710. The van der Waals surface area contributed by atoms with Crippen molar-refractivity contribution in [1.82, 2.24) is 14.9 Å². The smallest absolute Gasteiger partial charge is 0.276 e. The van der Waals surface area contributed by atoms with E-state index in [9.17, 15) is 9.59 Å². The molecule has 1 aromatic carbocycles. The summed E-state index contributed by atoms with van der Waals surface area (Å²) >= 11 is 7.30. The number of carbonyl (C=O) groups is 2. The Balaban J connectivity index is 1.40. The van der Waals surface area contributed by atoms with Crippen molar-refractivity contribution in [3.63, 3.8) is 0 Å². The van der Waals surface area contributed by atoms with Crippen molar-refractivity contribution in [1.29, 1.82) is 0 Å². The molecule has 0 fully saturated rings. The Morgan fingerprint density at radius 1 is 1.18 bits per heavy atom. The van der Waals surface area contributed by atoms with Crippen LogP contribution in [0.2, 0.25) is 5.02 Å². The van der Waals surface area contributed by atoms with E-state index in [2.05, 4.69) is 15.3 Å². The van der Waals surface area contributed by atoms with E-state index < -0.39 is 0 Å². The number of thiazole rings is 1. The van der Waals surface area contributed by atoms with E-state index in [4.69, 9.17) is 11.6 Å². The minimum atomic E-state index is -0.289. The van der Waals surface area contributed by atoms with E-state index in [1.54, 1.807) is 36.5 Å². The first kappa shape index (κ1) is 18.6. The number of pyridine rings is 1. The Morgan fingerprint density at radius 3 is 2.75 bits per heavy atom. The fourth-order valence-corrected chi connectivity index (χ4v) is 4.15. The average Bonchev–Trinajstić information content (AvgIpc) is 3.11. The number of aromatic nitrogens is 2. The van der Waals surface area contributed by atoms with Crippen LogP contribution in [0.1, 0.15) is 26.6 Å². The summed E-state index contributed by atoms with van der Waals surface area (Å²) in [7, 11) is 0. The van der Waals surface area contributed by atoms with Gasteiger partial charge in [0.05, 0.1) is 18.7 Å². The van der Waals surface area contributed by atoms with Crippen molar-refractivity contribution < 1.29 is 9.59 Å². The number of hydrogen-bond acceptors (Lipinski definition) is 5. The van der Waals surface area contributed by atoms with Crippen LogP contribution in [-0.2, 0) is 24.2 Å². The average molecular weight is 413 g/mol. The highest BCUT2D eigenvalue weighted by atomic mass is 35.5. The Kier molecular flexibility index (Phi) is 5.36. The van der Waals surface area contributed by atoms with Gasteiger partial charge in [0.2, 0.25) is 5.91 Å². The number of amides is 2. The zero-order valence-corrected chi connectivity index (χ0v) is 16.5. The molecule has 2 aromatic heterocycles. The molecule has 6 nitrogen and oxygen atoms in total. The summed E-state index contributed by atoms with van der Waals surface area (Å²) in [6.45, 7) is 1.13. The Hall–Kier alpha value is -2.77. The molecular formula is C20H17ClN4O2S. The summed E-state index contributed by atoms with van der Waals surface area (Å²) in [6, 6.07) is 12.5. The molecule has 0 aliphatic carbocycles. The summed E-state index contributed by atoms with van der Waals surface area (Å²) in [4.78, 5) is 36.3. The lowest BCUT2D eigenvalue weighted by Gasteiger charge is -2.26. The normalized spacial score (nSPS) is 13.1. The van der Waals surface area contributed by atoms with Crippen molar-refractivity contribution in [2.45, 2.75) is 19.4 Å². The van der Waals surface area contributed by atoms with Crippen LogP contribution in [0.15, 0.2) is 48.7 Å². The minimum Gasteiger partial charge on any atom is -0.337 e. The maximum atomic E-state index is 12.6. The van der Waals surface area contributed by atoms with Crippen molar-refractivity contribution in [2.75, 3.05) is 11.9 Å². The molecule has 0 saturated carbocycles. The highest BCUT2D eigenvalue weighted by Gasteiger charge is 2.24. The van der Waals surface area contributed by atoms with Gasteiger partial charge in [-0.25, -0.2) is 4.98 Å². The first-order chi connectivity index (χ1) is 13.6. The van der Waals surface area contributed by atoms with Gasteiger partial charge in [-0.2, -0.15) is 0 Å². The monoisotopic (exact) mass is 412 g/mol. The van der Waals surface area contributed by atoms with Gasteiger partial charge >= 0.3 is 0 Å². The highest BCUT2D eigenvalue weighted by molar-refractivity contribution is 7.15. The van der Waals surface area contributed by atoms with E-state index in [0.29, 0.717) is 41.8 Å². The molecule has 0 radical (unpaired) electrons. The first-order valence-electron chi connectivity index (χ1n) is 8.81. The predicted octanol–water partition coefficient (Wildman–Crippen LogP) is 3.57. The topological polar surface area (TPSA) is 75.2 Å². The molecule has 1 N–H and O–H groups in total. The van der Waals surface area contributed by atoms with Gasteiger partial charge in [0.15, 0.2) is 5.13 Å². The predicted molar refractivity (Wildman–Crippen MR) is 109 cm³/mol. The molecule has 4 rings (SSSR count). The molecule has 0 saturated heterocycles. The van der Waals surface area contributed by atoms with Crippen LogP contribution in [0.3, 0.4) is 0 Å². The molecule has 0 atom stereocenters. The van der Waals surface area contributed by atoms with Crippen LogP contribution in [0, 0.1) is 0 Å².